The Morgan fingerprint density at radius 2 is 1.50 bits per heavy atom. The molecule has 0 spiro atoms. The van der Waals surface area contributed by atoms with E-state index in [0.29, 0.717) is 27.5 Å². The Labute approximate surface area is 213 Å². The minimum atomic E-state index is -4.80. The first kappa shape index (κ1) is 25.2. The van der Waals surface area contributed by atoms with Gasteiger partial charge in [0, 0.05) is 10.6 Å². The summed E-state index contributed by atoms with van der Waals surface area (Å²) in [7, 11) is 0. The van der Waals surface area contributed by atoms with Gasteiger partial charge in [0.15, 0.2) is 5.11 Å². The van der Waals surface area contributed by atoms with Crippen molar-refractivity contribution in [1.29, 1.82) is 0 Å². The van der Waals surface area contributed by atoms with Crippen LogP contribution in [0.5, 0.6) is 11.5 Å². The number of thiocarbonyl (C=S) groups is 1. The van der Waals surface area contributed by atoms with Crippen molar-refractivity contribution < 1.29 is 32.2 Å². The highest BCUT2D eigenvalue weighted by Gasteiger charge is 2.31. The van der Waals surface area contributed by atoms with Crippen LogP contribution in [0.3, 0.4) is 0 Å². The summed E-state index contributed by atoms with van der Waals surface area (Å²) in [6.07, 6.45) is -3.44. The normalized spacial score (nSPS) is 13.7. The van der Waals surface area contributed by atoms with Crippen molar-refractivity contribution in [2.24, 2.45) is 0 Å². The van der Waals surface area contributed by atoms with Crippen molar-refractivity contribution >= 4 is 46.8 Å². The Morgan fingerprint density at radius 1 is 0.889 bits per heavy atom. The number of alkyl halides is 3. The van der Waals surface area contributed by atoms with E-state index in [0.717, 1.165) is 5.56 Å². The lowest BCUT2D eigenvalue weighted by atomic mass is 10.00. The average molecular weight is 533 g/mol. The van der Waals surface area contributed by atoms with Gasteiger partial charge < -0.3 is 9.47 Å². The highest BCUT2D eigenvalue weighted by molar-refractivity contribution is 7.80. The van der Waals surface area contributed by atoms with Crippen molar-refractivity contribution in [1.82, 2.24) is 10.6 Å². The summed E-state index contributed by atoms with van der Waals surface area (Å²) in [5, 5.41) is 5.21. The maximum Gasteiger partial charge on any atom is 0.573 e. The summed E-state index contributed by atoms with van der Waals surface area (Å²) in [5.41, 5.74) is 2.22. The summed E-state index contributed by atoms with van der Waals surface area (Å²) in [6, 6.07) is 17.3. The Kier molecular flexibility index (Phi) is 7.27. The smallest absolute Gasteiger partial charge is 0.488 e. The van der Waals surface area contributed by atoms with Crippen molar-refractivity contribution in [3.63, 3.8) is 0 Å². The maximum atomic E-state index is 12.5. The topological polar surface area (TPSA) is 76.7 Å². The second kappa shape index (κ2) is 10.4. The largest absolute Gasteiger partial charge is 0.573 e. The number of hydrogen-bond donors (Lipinski definition) is 2. The number of hydrogen-bond acceptors (Lipinski definition) is 5. The fourth-order valence-corrected chi connectivity index (χ4v) is 3.64. The number of carbonyl (C=O) groups excluding carboxylic acids is 2. The molecule has 1 aliphatic rings. The zero-order valence-corrected chi connectivity index (χ0v) is 19.8. The van der Waals surface area contributed by atoms with Gasteiger partial charge in [0.05, 0.1) is 0 Å². The molecule has 36 heavy (non-hydrogen) atoms. The molecule has 0 radical (unpaired) electrons. The van der Waals surface area contributed by atoms with Gasteiger partial charge in [0.1, 0.15) is 23.7 Å². The van der Waals surface area contributed by atoms with Crippen LogP contribution in [0.25, 0.3) is 17.2 Å². The van der Waals surface area contributed by atoms with Crippen LogP contribution < -0.4 is 20.1 Å². The Balaban J connectivity index is 1.68. The molecule has 2 N–H and O–H groups in total. The Hall–Kier alpha value is -3.89. The first-order chi connectivity index (χ1) is 17.1. The second-order valence-electron chi connectivity index (χ2n) is 7.54. The highest BCUT2D eigenvalue weighted by Crippen LogP contribution is 2.31. The summed E-state index contributed by atoms with van der Waals surface area (Å²) >= 11 is 10.8. The molecule has 1 saturated heterocycles. The van der Waals surface area contributed by atoms with E-state index in [1.54, 1.807) is 42.5 Å². The van der Waals surface area contributed by atoms with Crippen LogP contribution in [0.4, 0.5) is 13.2 Å². The molecule has 2 amide bonds. The molecule has 4 rings (SSSR count). The molecule has 1 aliphatic heterocycles. The van der Waals surface area contributed by atoms with Crippen LogP contribution in [0.15, 0.2) is 72.3 Å². The van der Waals surface area contributed by atoms with E-state index in [4.69, 9.17) is 28.6 Å². The molecular weight excluding hydrogens is 517 g/mol. The monoisotopic (exact) mass is 532 g/mol. The number of carbonyl (C=O) groups is 2. The molecule has 184 valence electrons. The van der Waals surface area contributed by atoms with Crippen molar-refractivity contribution in [2.75, 3.05) is 0 Å². The third-order valence-corrected chi connectivity index (χ3v) is 5.44. The van der Waals surface area contributed by atoms with Crippen LogP contribution in [0.2, 0.25) is 5.02 Å². The molecule has 0 aromatic heterocycles. The maximum absolute atomic E-state index is 12.5. The molecule has 0 bridgehead atoms. The van der Waals surface area contributed by atoms with Gasteiger partial charge in [-0.1, -0.05) is 41.9 Å². The van der Waals surface area contributed by atoms with Gasteiger partial charge in [-0.3, -0.25) is 20.2 Å². The summed E-state index contributed by atoms with van der Waals surface area (Å²) in [4.78, 5) is 24.7. The van der Waals surface area contributed by atoms with E-state index in [1.807, 2.05) is 0 Å². The zero-order valence-electron chi connectivity index (χ0n) is 18.2. The molecule has 3 aromatic rings. The summed E-state index contributed by atoms with van der Waals surface area (Å²) < 4.78 is 47.2. The third-order valence-electron chi connectivity index (χ3n) is 4.98. The van der Waals surface area contributed by atoms with Crippen LogP contribution in [0, 0.1) is 0 Å². The van der Waals surface area contributed by atoms with Gasteiger partial charge in [0.25, 0.3) is 11.8 Å². The first-order valence-electron chi connectivity index (χ1n) is 10.3. The molecular formula is C25H16ClF3N2O4S. The number of amides is 2. The summed E-state index contributed by atoms with van der Waals surface area (Å²) in [6.45, 7) is 0.179. The van der Waals surface area contributed by atoms with Gasteiger partial charge >= 0.3 is 6.36 Å². The number of benzene rings is 3. The van der Waals surface area contributed by atoms with E-state index < -0.39 is 18.2 Å². The van der Waals surface area contributed by atoms with Gasteiger partial charge in [-0.05, 0) is 71.4 Å². The Morgan fingerprint density at radius 3 is 2.11 bits per heavy atom. The SMILES string of the molecule is O=C1NC(=S)NC(=O)C1=Cc1cc(-c2ccc(OC(F)(F)F)cc2)ccc1OCc1ccc(Cl)cc1. The van der Waals surface area contributed by atoms with Crippen molar-refractivity contribution in [3.05, 3.63) is 88.5 Å². The fourth-order valence-electron chi connectivity index (χ4n) is 3.32. The van der Waals surface area contributed by atoms with Gasteiger partial charge in [-0.25, -0.2) is 0 Å². The van der Waals surface area contributed by atoms with E-state index >= 15 is 0 Å². The minimum Gasteiger partial charge on any atom is -0.488 e. The fraction of sp³-hybridized carbons (Fsp3) is 0.0800. The van der Waals surface area contributed by atoms with Crippen LogP contribution in [-0.4, -0.2) is 23.3 Å². The molecule has 1 heterocycles. The van der Waals surface area contributed by atoms with E-state index in [-0.39, 0.29) is 23.0 Å². The third kappa shape index (κ3) is 6.41. The van der Waals surface area contributed by atoms with Gasteiger partial charge in [-0.15, -0.1) is 13.2 Å². The van der Waals surface area contributed by atoms with E-state index in [2.05, 4.69) is 15.4 Å². The van der Waals surface area contributed by atoms with Gasteiger partial charge in [0.2, 0.25) is 0 Å². The number of halogens is 4. The predicted molar refractivity (Wildman–Crippen MR) is 131 cm³/mol. The molecule has 6 nitrogen and oxygen atoms in total. The number of nitrogens with one attached hydrogen (secondary N) is 2. The average Bonchev–Trinajstić information content (AvgIpc) is 2.81. The summed E-state index contributed by atoms with van der Waals surface area (Å²) in [5.74, 6) is -1.34. The number of ether oxygens (including phenoxy) is 2. The molecule has 11 heteroatoms. The lowest BCUT2D eigenvalue weighted by Gasteiger charge is -2.17. The van der Waals surface area contributed by atoms with Gasteiger partial charge in [-0.2, -0.15) is 0 Å². The second-order valence-corrected chi connectivity index (χ2v) is 8.38. The standard InChI is InChI=1S/C25H16ClF3N2O4S/c26-18-6-1-14(2-7-18)13-34-21-10-5-16(15-3-8-19(9-4-15)35-25(27,28)29)11-17(21)12-20-22(32)30-24(36)31-23(20)33/h1-12H,13H2,(H2,30,31,32,33,36). The highest BCUT2D eigenvalue weighted by atomic mass is 35.5. The number of rotatable bonds is 6. The molecule has 1 fully saturated rings. The predicted octanol–water partition coefficient (Wildman–Crippen LogP) is 5.40. The van der Waals surface area contributed by atoms with E-state index in [9.17, 15) is 22.8 Å². The molecule has 0 atom stereocenters. The van der Waals surface area contributed by atoms with Crippen LogP contribution >= 0.6 is 23.8 Å². The first-order valence-corrected chi connectivity index (χ1v) is 11.1. The van der Waals surface area contributed by atoms with Crippen LogP contribution in [0.1, 0.15) is 11.1 Å². The lowest BCUT2D eigenvalue weighted by molar-refractivity contribution is -0.274. The van der Waals surface area contributed by atoms with Crippen molar-refractivity contribution in [3.8, 4) is 22.6 Å². The molecule has 3 aromatic carbocycles. The molecule has 0 aliphatic carbocycles. The van der Waals surface area contributed by atoms with E-state index in [1.165, 1.54) is 30.3 Å². The Bertz CT molecular complexity index is 1340. The molecule has 0 saturated carbocycles. The van der Waals surface area contributed by atoms with Crippen molar-refractivity contribution in [2.45, 2.75) is 13.0 Å². The zero-order chi connectivity index (χ0) is 25.9. The lowest BCUT2D eigenvalue weighted by Crippen LogP contribution is -2.51. The molecule has 0 unspecified atom stereocenters. The minimum absolute atomic E-state index is 0.101. The quantitative estimate of drug-likeness (QED) is 0.253. The van der Waals surface area contributed by atoms with Crippen LogP contribution in [-0.2, 0) is 16.2 Å².